The van der Waals surface area contributed by atoms with Crippen molar-refractivity contribution in [2.24, 2.45) is 0 Å². The maximum absolute atomic E-state index is 11.8. The lowest BCUT2D eigenvalue weighted by atomic mass is 9.64. The number of hydrogen-bond acceptors (Lipinski definition) is 5. The Labute approximate surface area is 123 Å². The second-order valence-electron chi connectivity index (χ2n) is 5.22. The molecule has 0 aromatic heterocycles. The molecule has 7 heteroatoms. The third-order valence-corrected chi connectivity index (χ3v) is 5.14. The van der Waals surface area contributed by atoms with Gasteiger partial charge in [0, 0.05) is 17.9 Å². The SMILES string of the molecule is COc1cc(S(C)(=O)=O)c(OC)cc1C1(C(=O)O)CCC1. The largest absolute Gasteiger partial charge is 0.496 e. The van der Waals surface area contributed by atoms with Crippen molar-refractivity contribution in [1.82, 2.24) is 0 Å². The minimum absolute atomic E-state index is 0.00883. The van der Waals surface area contributed by atoms with Gasteiger partial charge in [0.2, 0.25) is 0 Å². The molecule has 1 aromatic rings. The Morgan fingerprint density at radius 2 is 1.76 bits per heavy atom. The van der Waals surface area contributed by atoms with Gasteiger partial charge in [-0.2, -0.15) is 0 Å². The molecule has 1 aliphatic carbocycles. The van der Waals surface area contributed by atoms with Gasteiger partial charge in [-0.3, -0.25) is 4.79 Å². The fourth-order valence-corrected chi connectivity index (χ4v) is 3.49. The van der Waals surface area contributed by atoms with E-state index in [-0.39, 0.29) is 16.4 Å². The number of methoxy groups -OCH3 is 2. The summed E-state index contributed by atoms with van der Waals surface area (Å²) in [5.41, 5.74) is -0.553. The summed E-state index contributed by atoms with van der Waals surface area (Å²) in [4.78, 5) is 11.6. The highest BCUT2D eigenvalue weighted by Crippen LogP contribution is 2.49. The van der Waals surface area contributed by atoms with Crippen LogP contribution in [-0.4, -0.2) is 40.0 Å². The Bertz CT molecular complexity index is 673. The fraction of sp³-hybridized carbons (Fsp3) is 0.500. The second kappa shape index (κ2) is 5.22. The van der Waals surface area contributed by atoms with Crippen LogP contribution in [0, 0.1) is 0 Å². The molecular weight excluding hydrogens is 296 g/mol. The molecule has 116 valence electrons. The zero-order valence-electron chi connectivity index (χ0n) is 12.2. The lowest BCUT2D eigenvalue weighted by Crippen LogP contribution is -2.42. The standard InChI is InChI=1S/C14H18O6S/c1-19-10-8-12(21(3,17)18)11(20-2)7-9(10)14(13(15)16)5-4-6-14/h7-8H,4-6H2,1-3H3,(H,15,16). The molecule has 2 rings (SSSR count). The minimum atomic E-state index is -3.50. The Morgan fingerprint density at radius 3 is 2.10 bits per heavy atom. The van der Waals surface area contributed by atoms with Crippen molar-refractivity contribution in [2.45, 2.75) is 29.6 Å². The lowest BCUT2D eigenvalue weighted by Gasteiger charge is -2.39. The van der Waals surface area contributed by atoms with Crippen molar-refractivity contribution in [3.63, 3.8) is 0 Å². The van der Waals surface area contributed by atoms with Gasteiger partial charge in [-0.05, 0) is 18.9 Å². The molecule has 0 saturated heterocycles. The average molecular weight is 314 g/mol. The van der Waals surface area contributed by atoms with Crippen LogP contribution in [-0.2, 0) is 20.0 Å². The van der Waals surface area contributed by atoms with Crippen molar-refractivity contribution in [3.05, 3.63) is 17.7 Å². The highest BCUT2D eigenvalue weighted by molar-refractivity contribution is 7.90. The number of carboxylic acids is 1. The molecule has 0 radical (unpaired) electrons. The molecule has 1 aliphatic rings. The van der Waals surface area contributed by atoms with E-state index >= 15 is 0 Å². The molecule has 1 N–H and O–H groups in total. The van der Waals surface area contributed by atoms with Crippen molar-refractivity contribution >= 4 is 15.8 Å². The first kappa shape index (κ1) is 15.6. The molecule has 0 atom stereocenters. The predicted molar refractivity (Wildman–Crippen MR) is 75.8 cm³/mol. The molecule has 0 aliphatic heterocycles. The maximum Gasteiger partial charge on any atom is 0.314 e. The molecule has 1 fully saturated rings. The van der Waals surface area contributed by atoms with E-state index in [9.17, 15) is 18.3 Å². The summed E-state index contributed by atoms with van der Waals surface area (Å²) in [5.74, 6) is -0.527. The van der Waals surface area contributed by atoms with Gasteiger partial charge < -0.3 is 14.6 Å². The van der Waals surface area contributed by atoms with Crippen LogP contribution in [0.25, 0.3) is 0 Å². The van der Waals surface area contributed by atoms with Crippen molar-refractivity contribution in [3.8, 4) is 11.5 Å². The van der Waals surface area contributed by atoms with E-state index in [1.165, 1.54) is 26.4 Å². The van der Waals surface area contributed by atoms with Crippen LogP contribution in [0.15, 0.2) is 17.0 Å². The fourth-order valence-electron chi connectivity index (χ4n) is 2.66. The highest BCUT2D eigenvalue weighted by Gasteiger charge is 2.48. The van der Waals surface area contributed by atoms with Gasteiger partial charge in [0.15, 0.2) is 9.84 Å². The molecule has 6 nitrogen and oxygen atoms in total. The van der Waals surface area contributed by atoms with Gasteiger partial charge in [0.25, 0.3) is 0 Å². The number of aliphatic carboxylic acids is 1. The third kappa shape index (κ3) is 2.46. The van der Waals surface area contributed by atoms with E-state index in [0.29, 0.717) is 18.4 Å². The first-order valence-electron chi connectivity index (χ1n) is 6.46. The maximum atomic E-state index is 11.8. The summed E-state index contributed by atoms with van der Waals surface area (Å²) in [7, 11) is -0.752. The van der Waals surface area contributed by atoms with E-state index in [0.717, 1.165) is 12.7 Å². The molecular formula is C14H18O6S. The first-order valence-corrected chi connectivity index (χ1v) is 8.35. The lowest BCUT2D eigenvalue weighted by molar-refractivity contribution is -0.147. The predicted octanol–water partition coefficient (Wildman–Crippen LogP) is 1.61. The Morgan fingerprint density at radius 1 is 1.19 bits per heavy atom. The summed E-state index contributed by atoms with van der Waals surface area (Å²) < 4.78 is 34.0. The third-order valence-electron chi connectivity index (χ3n) is 4.02. The van der Waals surface area contributed by atoms with Crippen molar-refractivity contribution < 1.29 is 27.8 Å². The van der Waals surface area contributed by atoms with Gasteiger partial charge in [-0.15, -0.1) is 0 Å². The molecule has 0 heterocycles. The van der Waals surface area contributed by atoms with E-state index < -0.39 is 21.2 Å². The van der Waals surface area contributed by atoms with Crippen LogP contribution in [0.1, 0.15) is 24.8 Å². The van der Waals surface area contributed by atoms with Crippen LogP contribution in [0.4, 0.5) is 0 Å². The van der Waals surface area contributed by atoms with Gasteiger partial charge in [-0.25, -0.2) is 8.42 Å². The summed E-state index contributed by atoms with van der Waals surface area (Å²) in [6, 6.07) is 2.81. The average Bonchev–Trinajstić information content (AvgIpc) is 2.35. The quantitative estimate of drug-likeness (QED) is 0.888. The number of carboxylic acid groups (broad SMARTS) is 1. The number of ether oxygens (including phenoxy) is 2. The number of carbonyl (C=O) groups is 1. The second-order valence-corrected chi connectivity index (χ2v) is 7.20. The summed E-state index contributed by atoms with van der Waals surface area (Å²) >= 11 is 0. The minimum Gasteiger partial charge on any atom is -0.496 e. The van der Waals surface area contributed by atoms with E-state index in [4.69, 9.17) is 9.47 Å². The van der Waals surface area contributed by atoms with Gasteiger partial charge in [0.1, 0.15) is 16.4 Å². The normalized spacial score (nSPS) is 16.9. The number of sulfone groups is 1. The molecule has 0 unspecified atom stereocenters. The number of rotatable bonds is 5. The number of hydrogen-bond donors (Lipinski definition) is 1. The van der Waals surface area contributed by atoms with Crippen LogP contribution in [0.5, 0.6) is 11.5 Å². The van der Waals surface area contributed by atoms with Gasteiger partial charge in [0.05, 0.1) is 19.6 Å². The van der Waals surface area contributed by atoms with Gasteiger partial charge >= 0.3 is 5.97 Å². The zero-order chi connectivity index (χ0) is 15.8. The number of benzene rings is 1. The van der Waals surface area contributed by atoms with Crippen LogP contribution < -0.4 is 9.47 Å². The molecule has 1 saturated carbocycles. The summed E-state index contributed by atoms with van der Waals surface area (Å²) in [5, 5.41) is 9.54. The highest BCUT2D eigenvalue weighted by atomic mass is 32.2. The first-order chi connectivity index (χ1) is 9.76. The Hall–Kier alpha value is -1.76. The molecule has 21 heavy (non-hydrogen) atoms. The zero-order valence-corrected chi connectivity index (χ0v) is 13.0. The van der Waals surface area contributed by atoms with Crippen LogP contribution >= 0.6 is 0 Å². The molecule has 0 bridgehead atoms. The Kier molecular flexibility index (Phi) is 3.88. The Balaban J connectivity index is 2.71. The van der Waals surface area contributed by atoms with Crippen molar-refractivity contribution in [2.75, 3.05) is 20.5 Å². The smallest absolute Gasteiger partial charge is 0.314 e. The van der Waals surface area contributed by atoms with Crippen LogP contribution in [0.3, 0.4) is 0 Å². The van der Waals surface area contributed by atoms with E-state index in [2.05, 4.69) is 0 Å². The van der Waals surface area contributed by atoms with Gasteiger partial charge in [-0.1, -0.05) is 6.42 Å². The monoisotopic (exact) mass is 314 g/mol. The topological polar surface area (TPSA) is 89.9 Å². The summed E-state index contributed by atoms with van der Waals surface area (Å²) in [6.45, 7) is 0. The van der Waals surface area contributed by atoms with Crippen molar-refractivity contribution in [1.29, 1.82) is 0 Å². The van der Waals surface area contributed by atoms with E-state index in [1.54, 1.807) is 0 Å². The molecule has 1 aromatic carbocycles. The molecule has 0 amide bonds. The van der Waals surface area contributed by atoms with E-state index in [1.807, 2.05) is 0 Å². The van der Waals surface area contributed by atoms with Crippen LogP contribution in [0.2, 0.25) is 0 Å². The summed E-state index contributed by atoms with van der Waals surface area (Å²) in [6.07, 6.45) is 2.88. The molecule has 0 spiro atoms.